The van der Waals surface area contributed by atoms with E-state index in [1.54, 1.807) is 11.3 Å². The number of carbonyl (C=O) groups is 1. The molecule has 94 valence electrons. The van der Waals surface area contributed by atoms with E-state index in [4.69, 9.17) is 4.74 Å². The van der Waals surface area contributed by atoms with E-state index in [9.17, 15) is 4.79 Å². The summed E-state index contributed by atoms with van der Waals surface area (Å²) < 4.78 is 5.62. The van der Waals surface area contributed by atoms with E-state index in [2.05, 4.69) is 13.8 Å². The third-order valence-corrected chi connectivity index (χ3v) is 3.97. The van der Waals surface area contributed by atoms with Gasteiger partial charge in [0.05, 0.1) is 24.7 Å². The SMILES string of the molecule is C[C@H]1CN(C(=O)Cc2cccs2)C(C)(C)CO1. The summed E-state index contributed by atoms with van der Waals surface area (Å²) in [7, 11) is 0. The number of hydrogen-bond donors (Lipinski definition) is 0. The van der Waals surface area contributed by atoms with Crippen LogP contribution in [0.2, 0.25) is 0 Å². The summed E-state index contributed by atoms with van der Waals surface area (Å²) >= 11 is 1.64. The van der Waals surface area contributed by atoms with Crippen LogP contribution < -0.4 is 0 Å². The molecule has 1 atom stereocenters. The molecule has 1 aliphatic heterocycles. The Hall–Kier alpha value is -0.870. The lowest BCUT2D eigenvalue weighted by Crippen LogP contribution is -2.58. The second kappa shape index (κ2) is 4.78. The number of nitrogens with zero attached hydrogens (tertiary/aromatic N) is 1. The Morgan fingerprint density at radius 2 is 2.41 bits per heavy atom. The van der Waals surface area contributed by atoms with Gasteiger partial charge in [0.1, 0.15) is 0 Å². The molecule has 0 spiro atoms. The summed E-state index contributed by atoms with van der Waals surface area (Å²) in [4.78, 5) is 15.4. The first-order valence-electron chi connectivity index (χ1n) is 5.93. The summed E-state index contributed by atoms with van der Waals surface area (Å²) in [6.07, 6.45) is 0.642. The van der Waals surface area contributed by atoms with Gasteiger partial charge < -0.3 is 9.64 Å². The van der Waals surface area contributed by atoms with Crippen LogP contribution in [0.1, 0.15) is 25.6 Å². The van der Waals surface area contributed by atoms with Gasteiger partial charge in [-0.05, 0) is 32.2 Å². The Kier molecular flexibility index (Phi) is 3.54. The zero-order chi connectivity index (χ0) is 12.5. The van der Waals surface area contributed by atoms with Gasteiger partial charge in [0.15, 0.2) is 0 Å². The number of thiophene rings is 1. The van der Waals surface area contributed by atoms with Gasteiger partial charge in [-0.2, -0.15) is 0 Å². The fourth-order valence-electron chi connectivity index (χ4n) is 2.08. The predicted octanol–water partition coefficient (Wildman–Crippen LogP) is 2.32. The monoisotopic (exact) mass is 253 g/mol. The first kappa shape index (κ1) is 12.6. The van der Waals surface area contributed by atoms with Crippen LogP contribution in [-0.2, 0) is 16.0 Å². The minimum atomic E-state index is -0.194. The second-order valence-electron chi connectivity index (χ2n) is 5.19. The van der Waals surface area contributed by atoms with Gasteiger partial charge in [-0.3, -0.25) is 4.79 Å². The van der Waals surface area contributed by atoms with Crippen molar-refractivity contribution in [2.45, 2.75) is 38.8 Å². The number of hydrogen-bond acceptors (Lipinski definition) is 3. The first-order chi connectivity index (χ1) is 7.99. The van der Waals surface area contributed by atoms with E-state index in [1.165, 1.54) is 0 Å². The van der Waals surface area contributed by atoms with Crippen molar-refractivity contribution in [2.75, 3.05) is 13.2 Å². The van der Waals surface area contributed by atoms with Crippen molar-refractivity contribution in [3.8, 4) is 0 Å². The van der Waals surface area contributed by atoms with Gasteiger partial charge in [0.2, 0.25) is 5.91 Å². The molecular weight excluding hydrogens is 234 g/mol. The lowest BCUT2D eigenvalue weighted by molar-refractivity contribution is -0.152. The maximum absolute atomic E-state index is 12.3. The molecular formula is C13H19NO2S. The summed E-state index contributed by atoms with van der Waals surface area (Å²) in [5, 5.41) is 2.01. The van der Waals surface area contributed by atoms with Crippen LogP contribution in [-0.4, -0.2) is 35.6 Å². The van der Waals surface area contributed by atoms with E-state index in [1.807, 2.05) is 29.3 Å². The molecule has 0 saturated carbocycles. The molecule has 3 nitrogen and oxygen atoms in total. The molecule has 1 aromatic heterocycles. The molecule has 1 fully saturated rings. The lowest BCUT2D eigenvalue weighted by Gasteiger charge is -2.44. The van der Waals surface area contributed by atoms with Crippen LogP contribution in [0.4, 0.5) is 0 Å². The highest BCUT2D eigenvalue weighted by Gasteiger charge is 2.36. The summed E-state index contributed by atoms with van der Waals surface area (Å²) in [5.41, 5.74) is -0.194. The van der Waals surface area contributed by atoms with Crippen molar-refractivity contribution in [1.82, 2.24) is 4.90 Å². The van der Waals surface area contributed by atoms with Crippen molar-refractivity contribution in [3.63, 3.8) is 0 Å². The van der Waals surface area contributed by atoms with Crippen molar-refractivity contribution in [3.05, 3.63) is 22.4 Å². The van der Waals surface area contributed by atoms with Gasteiger partial charge in [-0.25, -0.2) is 0 Å². The molecule has 2 heterocycles. The third-order valence-electron chi connectivity index (χ3n) is 3.10. The van der Waals surface area contributed by atoms with Crippen molar-refractivity contribution in [2.24, 2.45) is 0 Å². The molecule has 0 radical (unpaired) electrons. The highest BCUT2D eigenvalue weighted by molar-refractivity contribution is 7.10. The average Bonchev–Trinajstić information content (AvgIpc) is 2.74. The molecule has 1 aromatic rings. The third kappa shape index (κ3) is 2.87. The summed E-state index contributed by atoms with van der Waals surface area (Å²) in [6, 6.07) is 4.00. The summed E-state index contributed by atoms with van der Waals surface area (Å²) in [5.74, 6) is 0.201. The Balaban J connectivity index is 2.06. The minimum Gasteiger partial charge on any atom is -0.374 e. The Bertz CT molecular complexity index is 386. The molecule has 0 unspecified atom stereocenters. The molecule has 1 aliphatic rings. The fraction of sp³-hybridized carbons (Fsp3) is 0.615. The topological polar surface area (TPSA) is 29.5 Å². The molecule has 0 bridgehead atoms. The Morgan fingerprint density at radius 3 is 3.06 bits per heavy atom. The van der Waals surface area contributed by atoms with Gasteiger partial charge >= 0.3 is 0 Å². The smallest absolute Gasteiger partial charge is 0.228 e. The first-order valence-corrected chi connectivity index (χ1v) is 6.81. The normalized spacial score (nSPS) is 23.7. The molecule has 1 saturated heterocycles. The highest BCUT2D eigenvalue weighted by atomic mass is 32.1. The van der Waals surface area contributed by atoms with Crippen molar-refractivity contribution in [1.29, 1.82) is 0 Å². The van der Waals surface area contributed by atoms with Crippen molar-refractivity contribution >= 4 is 17.2 Å². The second-order valence-corrected chi connectivity index (χ2v) is 6.23. The van der Waals surface area contributed by atoms with E-state index in [0.717, 1.165) is 4.88 Å². The average molecular weight is 253 g/mol. The largest absolute Gasteiger partial charge is 0.374 e. The lowest BCUT2D eigenvalue weighted by atomic mass is 10.0. The van der Waals surface area contributed by atoms with E-state index in [-0.39, 0.29) is 17.6 Å². The van der Waals surface area contributed by atoms with Gasteiger partial charge in [-0.1, -0.05) is 6.07 Å². The zero-order valence-corrected chi connectivity index (χ0v) is 11.4. The fourth-order valence-corrected chi connectivity index (χ4v) is 2.77. The Labute approximate surface area is 106 Å². The zero-order valence-electron chi connectivity index (χ0n) is 10.6. The Morgan fingerprint density at radius 1 is 1.65 bits per heavy atom. The molecule has 0 aromatic carbocycles. The molecule has 0 N–H and O–H groups in total. The van der Waals surface area contributed by atoms with Gasteiger partial charge in [-0.15, -0.1) is 11.3 Å². The maximum Gasteiger partial charge on any atom is 0.228 e. The predicted molar refractivity (Wildman–Crippen MR) is 69.2 cm³/mol. The number of ether oxygens (including phenoxy) is 1. The van der Waals surface area contributed by atoms with Crippen LogP contribution in [0.25, 0.3) is 0 Å². The molecule has 1 amide bonds. The van der Waals surface area contributed by atoms with Crippen LogP contribution in [0, 0.1) is 0 Å². The number of amides is 1. The van der Waals surface area contributed by atoms with Crippen LogP contribution in [0.5, 0.6) is 0 Å². The molecule has 4 heteroatoms. The van der Waals surface area contributed by atoms with Gasteiger partial charge in [0.25, 0.3) is 0 Å². The van der Waals surface area contributed by atoms with Crippen LogP contribution >= 0.6 is 11.3 Å². The standard InChI is InChI=1S/C13H19NO2S/c1-10-8-14(13(2,3)9-16-10)12(15)7-11-5-4-6-17-11/h4-6,10H,7-9H2,1-3H3/t10-/m0/s1. The highest BCUT2D eigenvalue weighted by Crippen LogP contribution is 2.23. The van der Waals surface area contributed by atoms with E-state index < -0.39 is 0 Å². The van der Waals surface area contributed by atoms with Gasteiger partial charge in [0, 0.05) is 11.4 Å². The number of carbonyl (C=O) groups excluding carboxylic acids is 1. The molecule has 2 rings (SSSR count). The van der Waals surface area contributed by atoms with E-state index in [0.29, 0.717) is 19.6 Å². The van der Waals surface area contributed by atoms with Crippen molar-refractivity contribution < 1.29 is 9.53 Å². The quantitative estimate of drug-likeness (QED) is 0.809. The van der Waals surface area contributed by atoms with Crippen LogP contribution in [0.15, 0.2) is 17.5 Å². The minimum absolute atomic E-state index is 0.135. The van der Waals surface area contributed by atoms with E-state index >= 15 is 0 Å². The molecule has 17 heavy (non-hydrogen) atoms. The maximum atomic E-state index is 12.3. The summed E-state index contributed by atoms with van der Waals surface area (Å²) in [6.45, 7) is 7.44. The van der Waals surface area contributed by atoms with Crippen LogP contribution in [0.3, 0.4) is 0 Å². The number of rotatable bonds is 2. The number of morpholine rings is 1. The molecule has 0 aliphatic carbocycles.